The number of fused-ring (bicyclic) bond motifs is 1. The Hall–Kier alpha value is -4.38. The molecule has 1 aliphatic heterocycles. The Labute approximate surface area is 225 Å². The van der Waals surface area contributed by atoms with Gasteiger partial charge in [-0.3, -0.25) is 19.2 Å². The molecule has 4 unspecified atom stereocenters. The SMILES string of the molecule is CC(NC(=O)C1CCCN1C(=O)C(Cc1ccc(O)cc1)NC(=O)C(N)Cc1c[nH]c2ccccc12)C(=O)O. The maximum absolute atomic E-state index is 13.7. The lowest BCUT2D eigenvalue weighted by atomic mass is 10.0. The van der Waals surface area contributed by atoms with E-state index in [0.29, 0.717) is 24.9 Å². The van der Waals surface area contributed by atoms with Gasteiger partial charge in [-0.25, -0.2) is 0 Å². The fourth-order valence-corrected chi connectivity index (χ4v) is 4.85. The minimum atomic E-state index is -1.18. The zero-order valence-electron chi connectivity index (χ0n) is 21.6. The van der Waals surface area contributed by atoms with Gasteiger partial charge in [-0.1, -0.05) is 30.3 Å². The van der Waals surface area contributed by atoms with E-state index in [1.165, 1.54) is 24.0 Å². The number of aromatic nitrogens is 1. The van der Waals surface area contributed by atoms with Crippen molar-refractivity contribution in [1.29, 1.82) is 0 Å². The number of nitrogens with two attached hydrogens (primary N) is 1. The van der Waals surface area contributed by atoms with Crippen molar-refractivity contribution in [2.75, 3.05) is 6.54 Å². The molecule has 0 radical (unpaired) electrons. The Bertz CT molecular complexity index is 1350. The normalized spacial score (nSPS) is 17.4. The molecule has 3 amide bonds. The lowest BCUT2D eigenvalue weighted by Crippen LogP contribution is -2.57. The number of para-hydroxylation sites is 1. The summed E-state index contributed by atoms with van der Waals surface area (Å²) in [6, 6.07) is 10.0. The van der Waals surface area contributed by atoms with E-state index in [1.54, 1.807) is 12.1 Å². The van der Waals surface area contributed by atoms with Crippen LogP contribution in [0.25, 0.3) is 10.9 Å². The Kier molecular flexibility index (Phi) is 8.50. The largest absolute Gasteiger partial charge is 0.508 e. The van der Waals surface area contributed by atoms with Crippen LogP contribution in [0.1, 0.15) is 30.9 Å². The number of benzene rings is 2. The van der Waals surface area contributed by atoms with Crippen LogP contribution in [0.3, 0.4) is 0 Å². The summed E-state index contributed by atoms with van der Waals surface area (Å²) in [7, 11) is 0. The quantitative estimate of drug-likeness (QED) is 0.225. The number of nitrogens with zero attached hydrogens (tertiary/aromatic N) is 1. The van der Waals surface area contributed by atoms with Crippen LogP contribution in [0.2, 0.25) is 0 Å². The highest BCUT2D eigenvalue weighted by molar-refractivity contribution is 5.95. The Morgan fingerprint density at radius 3 is 2.51 bits per heavy atom. The first kappa shape index (κ1) is 27.6. The van der Waals surface area contributed by atoms with Gasteiger partial charge in [0, 0.05) is 30.1 Å². The zero-order chi connectivity index (χ0) is 28.1. The molecular formula is C28H33N5O6. The van der Waals surface area contributed by atoms with Crippen molar-refractivity contribution < 1.29 is 29.4 Å². The molecule has 0 spiro atoms. The first-order valence-electron chi connectivity index (χ1n) is 12.9. The number of rotatable bonds is 10. The molecule has 0 saturated carbocycles. The number of aliphatic carboxylic acids is 1. The second-order valence-corrected chi connectivity index (χ2v) is 9.86. The van der Waals surface area contributed by atoms with Crippen LogP contribution in [0.15, 0.2) is 54.7 Å². The lowest BCUT2D eigenvalue weighted by molar-refractivity contribution is -0.144. The number of phenols is 1. The van der Waals surface area contributed by atoms with Crippen LogP contribution in [-0.2, 0) is 32.0 Å². The maximum Gasteiger partial charge on any atom is 0.325 e. The molecule has 0 bridgehead atoms. The van der Waals surface area contributed by atoms with E-state index in [1.807, 2.05) is 30.5 Å². The number of H-pyrrole nitrogens is 1. The molecule has 11 heteroatoms. The summed E-state index contributed by atoms with van der Waals surface area (Å²) in [6.07, 6.45) is 3.11. The zero-order valence-corrected chi connectivity index (χ0v) is 21.6. The second kappa shape index (κ2) is 12.0. The molecule has 4 rings (SSSR count). The minimum absolute atomic E-state index is 0.0650. The average Bonchev–Trinajstić information content (AvgIpc) is 3.57. The number of hydrogen-bond donors (Lipinski definition) is 6. The summed E-state index contributed by atoms with van der Waals surface area (Å²) in [4.78, 5) is 55.5. The molecule has 1 saturated heterocycles. The first-order valence-corrected chi connectivity index (χ1v) is 12.9. The number of carboxylic acid groups (broad SMARTS) is 1. The number of aromatic hydroxyl groups is 1. The summed E-state index contributed by atoms with van der Waals surface area (Å²) in [6.45, 7) is 1.64. The third-order valence-electron chi connectivity index (χ3n) is 7.01. The third kappa shape index (κ3) is 6.55. The van der Waals surface area contributed by atoms with Gasteiger partial charge in [-0.05, 0) is 55.5 Å². The maximum atomic E-state index is 13.7. The van der Waals surface area contributed by atoms with E-state index in [-0.39, 0.29) is 18.6 Å². The monoisotopic (exact) mass is 535 g/mol. The molecule has 1 aromatic heterocycles. The standard InChI is InChI=1S/C28H33N5O6/c1-16(28(38)39)31-26(36)24-7-4-12-33(24)27(37)23(13-17-8-10-19(34)11-9-17)32-25(35)21(29)14-18-15-30-22-6-3-2-5-20(18)22/h2-3,5-6,8-11,15-16,21,23-24,30,34H,4,7,12-14,29H2,1H3,(H,31,36)(H,32,35)(H,38,39). The summed E-state index contributed by atoms with van der Waals surface area (Å²) in [5.41, 5.74) is 8.76. The Morgan fingerprint density at radius 2 is 1.79 bits per heavy atom. The molecule has 3 aromatic rings. The number of aromatic amines is 1. The molecule has 0 aliphatic carbocycles. The van der Waals surface area contributed by atoms with Crippen molar-refractivity contribution in [1.82, 2.24) is 20.5 Å². The van der Waals surface area contributed by atoms with Gasteiger partial charge in [0.05, 0.1) is 6.04 Å². The number of carbonyl (C=O) groups is 4. The molecule has 11 nitrogen and oxygen atoms in total. The van der Waals surface area contributed by atoms with Crippen molar-refractivity contribution in [3.63, 3.8) is 0 Å². The number of carbonyl (C=O) groups excluding carboxylic acids is 3. The van der Waals surface area contributed by atoms with Crippen LogP contribution in [-0.4, -0.2) is 74.5 Å². The van der Waals surface area contributed by atoms with Gasteiger partial charge < -0.3 is 36.5 Å². The molecule has 4 atom stereocenters. The van der Waals surface area contributed by atoms with Crippen LogP contribution < -0.4 is 16.4 Å². The number of nitrogens with one attached hydrogen (secondary N) is 3. The van der Waals surface area contributed by atoms with Gasteiger partial charge in [0.1, 0.15) is 23.9 Å². The van der Waals surface area contributed by atoms with Gasteiger partial charge in [0.25, 0.3) is 0 Å². The minimum Gasteiger partial charge on any atom is -0.508 e. The van der Waals surface area contributed by atoms with Crippen molar-refractivity contribution in [3.05, 3.63) is 65.9 Å². The van der Waals surface area contributed by atoms with Crippen molar-refractivity contribution in [2.24, 2.45) is 5.73 Å². The molecule has 2 heterocycles. The van der Waals surface area contributed by atoms with Gasteiger partial charge in [0.2, 0.25) is 17.7 Å². The van der Waals surface area contributed by atoms with Gasteiger partial charge in [-0.15, -0.1) is 0 Å². The number of phenolic OH excluding ortho intramolecular Hbond substituents is 1. The Balaban J connectivity index is 1.51. The molecule has 1 fully saturated rings. The average molecular weight is 536 g/mol. The van der Waals surface area contributed by atoms with E-state index in [2.05, 4.69) is 15.6 Å². The highest BCUT2D eigenvalue weighted by atomic mass is 16.4. The second-order valence-electron chi connectivity index (χ2n) is 9.86. The van der Waals surface area contributed by atoms with Gasteiger partial charge in [0.15, 0.2) is 0 Å². The summed E-state index contributed by atoms with van der Waals surface area (Å²) in [5.74, 6) is -2.65. The molecule has 206 valence electrons. The third-order valence-corrected chi connectivity index (χ3v) is 7.01. The van der Waals surface area contributed by atoms with Crippen LogP contribution >= 0.6 is 0 Å². The molecule has 1 aliphatic rings. The smallest absolute Gasteiger partial charge is 0.325 e. The molecule has 2 aromatic carbocycles. The fraction of sp³-hybridized carbons (Fsp3) is 0.357. The van der Waals surface area contributed by atoms with Crippen LogP contribution in [0.5, 0.6) is 5.75 Å². The predicted octanol–water partition coefficient (Wildman–Crippen LogP) is 1.05. The highest BCUT2D eigenvalue weighted by Gasteiger charge is 2.38. The number of likely N-dealkylation sites (tertiary alicyclic amines) is 1. The molecule has 7 N–H and O–H groups in total. The van der Waals surface area contributed by atoms with E-state index < -0.39 is 47.9 Å². The van der Waals surface area contributed by atoms with Crippen LogP contribution in [0.4, 0.5) is 0 Å². The van der Waals surface area contributed by atoms with Gasteiger partial charge >= 0.3 is 5.97 Å². The van der Waals surface area contributed by atoms with E-state index in [0.717, 1.165) is 16.5 Å². The fourth-order valence-electron chi connectivity index (χ4n) is 4.85. The first-order chi connectivity index (χ1) is 18.6. The van der Waals surface area contributed by atoms with E-state index in [4.69, 9.17) is 10.8 Å². The Morgan fingerprint density at radius 1 is 1.08 bits per heavy atom. The summed E-state index contributed by atoms with van der Waals surface area (Å²) < 4.78 is 0. The van der Waals surface area contributed by atoms with Gasteiger partial charge in [-0.2, -0.15) is 0 Å². The van der Waals surface area contributed by atoms with E-state index >= 15 is 0 Å². The number of carboxylic acids is 1. The number of hydrogen-bond acceptors (Lipinski definition) is 6. The summed E-state index contributed by atoms with van der Waals surface area (Å²) >= 11 is 0. The predicted molar refractivity (Wildman–Crippen MR) is 144 cm³/mol. The van der Waals surface area contributed by atoms with Crippen LogP contribution in [0, 0.1) is 0 Å². The molecular weight excluding hydrogens is 502 g/mol. The van der Waals surface area contributed by atoms with Crippen molar-refractivity contribution in [2.45, 2.75) is 56.8 Å². The summed E-state index contributed by atoms with van der Waals surface area (Å²) in [5, 5.41) is 25.0. The topological polar surface area (TPSA) is 178 Å². The lowest BCUT2D eigenvalue weighted by Gasteiger charge is -2.30. The van der Waals surface area contributed by atoms with Crippen molar-refractivity contribution >= 4 is 34.6 Å². The number of amides is 3. The molecule has 39 heavy (non-hydrogen) atoms. The van der Waals surface area contributed by atoms with Crippen molar-refractivity contribution in [3.8, 4) is 5.75 Å². The highest BCUT2D eigenvalue weighted by Crippen LogP contribution is 2.22. The van der Waals surface area contributed by atoms with E-state index in [9.17, 15) is 24.3 Å².